The number of nitrogens with zero attached hydrogens (tertiary/aromatic N) is 1. The van der Waals surface area contributed by atoms with Crippen LogP contribution < -0.4 is 5.73 Å². The van der Waals surface area contributed by atoms with Gasteiger partial charge in [-0.05, 0) is 45.2 Å². The van der Waals surface area contributed by atoms with Crippen LogP contribution in [0.25, 0.3) is 0 Å². The number of nitrogens with two attached hydrogens (primary N) is 1. The molecule has 94 valence electrons. The summed E-state index contributed by atoms with van der Waals surface area (Å²) in [6.07, 6.45) is 12.1. The Morgan fingerprint density at radius 2 is 1.88 bits per heavy atom. The third kappa shape index (κ3) is 2.98. The molecule has 0 aromatic rings. The quantitative estimate of drug-likeness (QED) is 0.798. The maximum Gasteiger partial charge on any atom is 0.0169 e. The van der Waals surface area contributed by atoms with Crippen LogP contribution in [0.4, 0.5) is 0 Å². The minimum absolute atomic E-state index is 0.174. The average molecular weight is 224 g/mol. The van der Waals surface area contributed by atoms with Crippen LogP contribution in [0.15, 0.2) is 0 Å². The van der Waals surface area contributed by atoms with Crippen LogP contribution in [0.1, 0.15) is 64.7 Å². The van der Waals surface area contributed by atoms with Gasteiger partial charge in [0.05, 0.1) is 0 Å². The summed E-state index contributed by atoms with van der Waals surface area (Å²) in [5, 5.41) is 0. The van der Waals surface area contributed by atoms with Crippen molar-refractivity contribution < 1.29 is 0 Å². The van der Waals surface area contributed by atoms with E-state index in [4.69, 9.17) is 5.73 Å². The second kappa shape index (κ2) is 5.50. The first-order chi connectivity index (χ1) is 7.73. The molecule has 0 spiro atoms. The Kier molecular flexibility index (Phi) is 4.26. The van der Waals surface area contributed by atoms with Crippen molar-refractivity contribution in [3.8, 4) is 0 Å². The number of hydrogen-bond acceptors (Lipinski definition) is 2. The topological polar surface area (TPSA) is 29.3 Å². The minimum Gasteiger partial charge on any atom is -0.325 e. The van der Waals surface area contributed by atoms with Crippen molar-refractivity contribution in [2.45, 2.75) is 76.3 Å². The summed E-state index contributed by atoms with van der Waals surface area (Å²) in [6, 6.07) is 0.779. The van der Waals surface area contributed by atoms with Crippen molar-refractivity contribution >= 4 is 0 Å². The zero-order chi connectivity index (χ0) is 11.4. The second-order valence-electron chi connectivity index (χ2n) is 5.91. The largest absolute Gasteiger partial charge is 0.325 e. The molecular formula is C14H28N2. The van der Waals surface area contributed by atoms with Gasteiger partial charge in [0.1, 0.15) is 0 Å². The Morgan fingerprint density at radius 3 is 2.56 bits per heavy atom. The summed E-state index contributed by atoms with van der Waals surface area (Å²) in [7, 11) is 0. The molecule has 2 heteroatoms. The molecule has 2 aliphatic rings. The van der Waals surface area contributed by atoms with Crippen LogP contribution in [0, 0.1) is 0 Å². The lowest BCUT2D eigenvalue weighted by molar-refractivity contribution is 0.111. The lowest BCUT2D eigenvalue weighted by atomic mass is 9.76. The van der Waals surface area contributed by atoms with Crippen molar-refractivity contribution in [3.63, 3.8) is 0 Å². The van der Waals surface area contributed by atoms with E-state index in [2.05, 4.69) is 11.8 Å². The highest BCUT2D eigenvalue weighted by molar-refractivity contribution is 4.92. The van der Waals surface area contributed by atoms with E-state index >= 15 is 0 Å². The molecule has 2 fully saturated rings. The molecule has 1 saturated carbocycles. The lowest BCUT2D eigenvalue weighted by Gasteiger charge is -2.42. The first kappa shape index (κ1) is 12.4. The lowest BCUT2D eigenvalue weighted by Crippen LogP contribution is -2.50. The maximum atomic E-state index is 6.58. The Labute approximate surface area is 101 Å². The van der Waals surface area contributed by atoms with Crippen LogP contribution >= 0.6 is 0 Å². The van der Waals surface area contributed by atoms with Gasteiger partial charge >= 0.3 is 0 Å². The van der Waals surface area contributed by atoms with Gasteiger partial charge in [-0.1, -0.05) is 32.6 Å². The highest BCUT2D eigenvalue weighted by Crippen LogP contribution is 2.33. The molecule has 1 atom stereocenters. The van der Waals surface area contributed by atoms with Crippen molar-refractivity contribution in [2.24, 2.45) is 5.73 Å². The first-order valence-corrected chi connectivity index (χ1v) is 7.26. The summed E-state index contributed by atoms with van der Waals surface area (Å²) in [6.45, 7) is 4.81. The monoisotopic (exact) mass is 224 g/mol. The number of piperidine rings is 1. The predicted molar refractivity (Wildman–Crippen MR) is 69.5 cm³/mol. The maximum absolute atomic E-state index is 6.58. The Morgan fingerprint density at radius 1 is 1.12 bits per heavy atom. The van der Waals surface area contributed by atoms with E-state index in [0.717, 1.165) is 6.04 Å². The molecule has 1 heterocycles. The van der Waals surface area contributed by atoms with Crippen LogP contribution in [-0.2, 0) is 0 Å². The van der Waals surface area contributed by atoms with Gasteiger partial charge in [-0.3, -0.25) is 0 Å². The summed E-state index contributed by atoms with van der Waals surface area (Å²) in [4.78, 5) is 2.66. The van der Waals surface area contributed by atoms with Crippen LogP contribution in [-0.4, -0.2) is 29.6 Å². The fourth-order valence-corrected chi connectivity index (χ4v) is 3.64. The molecule has 2 nitrogen and oxygen atoms in total. The van der Waals surface area contributed by atoms with Gasteiger partial charge in [0.25, 0.3) is 0 Å². The van der Waals surface area contributed by atoms with E-state index < -0.39 is 0 Å². The highest BCUT2D eigenvalue weighted by atomic mass is 15.2. The van der Waals surface area contributed by atoms with E-state index in [9.17, 15) is 0 Å². The molecule has 0 aromatic carbocycles. The van der Waals surface area contributed by atoms with Crippen molar-refractivity contribution in [2.75, 3.05) is 13.1 Å². The van der Waals surface area contributed by atoms with Crippen molar-refractivity contribution in [1.82, 2.24) is 4.90 Å². The average Bonchev–Trinajstić information content (AvgIpc) is 2.30. The Hall–Kier alpha value is -0.0800. The van der Waals surface area contributed by atoms with Crippen LogP contribution in [0.2, 0.25) is 0 Å². The fourth-order valence-electron chi connectivity index (χ4n) is 3.64. The van der Waals surface area contributed by atoms with Crippen molar-refractivity contribution in [1.29, 1.82) is 0 Å². The summed E-state index contributed by atoms with van der Waals surface area (Å²) < 4.78 is 0. The third-order valence-electron chi connectivity index (χ3n) is 4.65. The van der Waals surface area contributed by atoms with Gasteiger partial charge in [0, 0.05) is 11.6 Å². The molecule has 1 saturated heterocycles. The zero-order valence-electron chi connectivity index (χ0n) is 10.9. The van der Waals surface area contributed by atoms with Gasteiger partial charge in [0.15, 0.2) is 0 Å². The molecule has 1 aliphatic carbocycles. The third-order valence-corrected chi connectivity index (χ3v) is 4.65. The molecule has 0 bridgehead atoms. The van der Waals surface area contributed by atoms with Gasteiger partial charge in [-0.15, -0.1) is 0 Å². The van der Waals surface area contributed by atoms with E-state index in [1.807, 2.05) is 0 Å². The zero-order valence-corrected chi connectivity index (χ0v) is 10.9. The number of hydrogen-bond donors (Lipinski definition) is 1. The van der Waals surface area contributed by atoms with E-state index in [1.54, 1.807) is 0 Å². The summed E-state index contributed by atoms with van der Waals surface area (Å²) in [5.74, 6) is 0. The fraction of sp³-hybridized carbons (Fsp3) is 1.00. The smallest absolute Gasteiger partial charge is 0.0169 e. The molecule has 0 radical (unpaired) electrons. The van der Waals surface area contributed by atoms with Crippen LogP contribution in [0.5, 0.6) is 0 Å². The number of likely N-dealkylation sites (tertiary alicyclic amines) is 1. The predicted octanol–water partition coefficient (Wildman–Crippen LogP) is 2.91. The van der Waals surface area contributed by atoms with Gasteiger partial charge < -0.3 is 10.6 Å². The minimum atomic E-state index is 0.174. The molecular weight excluding hydrogens is 196 g/mol. The van der Waals surface area contributed by atoms with Crippen LogP contribution in [0.3, 0.4) is 0 Å². The van der Waals surface area contributed by atoms with Gasteiger partial charge in [-0.25, -0.2) is 0 Å². The molecule has 0 aromatic heterocycles. The van der Waals surface area contributed by atoms with Gasteiger partial charge in [0.2, 0.25) is 0 Å². The molecule has 2 rings (SSSR count). The Balaban J connectivity index is 1.90. The van der Waals surface area contributed by atoms with E-state index in [-0.39, 0.29) is 5.54 Å². The summed E-state index contributed by atoms with van der Waals surface area (Å²) in [5.41, 5.74) is 6.75. The molecule has 1 aliphatic heterocycles. The highest BCUT2D eigenvalue weighted by Gasteiger charge is 2.33. The molecule has 0 amide bonds. The van der Waals surface area contributed by atoms with E-state index in [1.165, 1.54) is 70.9 Å². The Bertz CT molecular complexity index is 209. The van der Waals surface area contributed by atoms with Gasteiger partial charge in [-0.2, -0.15) is 0 Å². The SMILES string of the molecule is CCN1CCCCC1CC1(N)CCCCC1. The normalized spacial score (nSPS) is 31.5. The second-order valence-corrected chi connectivity index (χ2v) is 5.91. The summed E-state index contributed by atoms with van der Waals surface area (Å²) >= 11 is 0. The van der Waals surface area contributed by atoms with E-state index in [0.29, 0.717) is 0 Å². The van der Waals surface area contributed by atoms with Crippen molar-refractivity contribution in [3.05, 3.63) is 0 Å². The number of rotatable bonds is 3. The first-order valence-electron chi connectivity index (χ1n) is 7.26. The molecule has 1 unspecified atom stereocenters. The molecule has 2 N–H and O–H groups in total. The molecule has 16 heavy (non-hydrogen) atoms. The standard InChI is InChI=1S/C14H28N2/c1-2-16-11-7-4-8-13(16)12-14(15)9-5-3-6-10-14/h13H,2-12,15H2,1H3.